The Balaban J connectivity index is 2.00. The van der Waals surface area contributed by atoms with Gasteiger partial charge in [-0.2, -0.15) is 0 Å². The molecule has 0 radical (unpaired) electrons. The first-order chi connectivity index (χ1) is 11.3. The second kappa shape index (κ2) is 7.63. The van der Waals surface area contributed by atoms with E-state index in [9.17, 15) is 13.2 Å². The summed E-state index contributed by atoms with van der Waals surface area (Å²) in [5.41, 5.74) is 0.407. The van der Waals surface area contributed by atoms with Crippen LogP contribution in [0.5, 0.6) is 0 Å². The summed E-state index contributed by atoms with van der Waals surface area (Å²) < 4.78 is 31.9. The Labute approximate surface area is 142 Å². The molecule has 1 aromatic heterocycles. The summed E-state index contributed by atoms with van der Waals surface area (Å²) in [5.74, 6) is 0.541. The van der Waals surface area contributed by atoms with Gasteiger partial charge in [0.1, 0.15) is 5.76 Å². The molecule has 1 amide bonds. The van der Waals surface area contributed by atoms with Gasteiger partial charge in [0.25, 0.3) is 5.91 Å². The lowest BCUT2D eigenvalue weighted by Gasteiger charge is -2.13. The van der Waals surface area contributed by atoms with Crippen LogP contribution in [0.2, 0.25) is 0 Å². The minimum atomic E-state index is -3.55. The Bertz CT molecular complexity index is 765. The maximum atomic E-state index is 12.2. The normalized spacial score (nSPS) is 13.0. The van der Waals surface area contributed by atoms with Gasteiger partial charge in [-0.05, 0) is 57.2 Å². The predicted molar refractivity (Wildman–Crippen MR) is 91.2 cm³/mol. The number of carbonyl (C=O) groups is 1. The van der Waals surface area contributed by atoms with Crippen LogP contribution in [-0.2, 0) is 16.4 Å². The van der Waals surface area contributed by atoms with Crippen molar-refractivity contribution in [2.24, 2.45) is 0 Å². The summed E-state index contributed by atoms with van der Waals surface area (Å²) in [5, 5.41) is 2.86. The van der Waals surface area contributed by atoms with E-state index in [1.807, 2.05) is 13.0 Å². The van der Waals surface area contributed by atoms with Crippen molar-refractivity contribution >= 4 is 15.9 Å². The highest BCUT2D eigenvalue weighted by molar-refractivity contribution is 7.89. The number of rotatable bonds is 7. The molecule has 1 atom stereocenters. The van der Waals surface area contributed by atoms with Crippen molar-refractivity contribution in [3.8, 4) is 0 Å². The van der Waals surface area contributed by atoms with Gasteiger partial charge in [0.2, 0.25) is 10.0 Å². The summed E-state index contributed by atoms with van der Waals surface area (Å²) in [6.07, 6.45) is 2.18. The van der Waals surface area contributed by atoms with Gasteiger partial charge in [-0.3, -0.25) is 4.79 Å². The van der Waals surface area contributed by atoms with Crippen LogP contribution < -0.4 is 10.0 Å². The van der Waals surface area contributed by atoms with Gasteiger partial charge in [-0.1, -0.05) is 0 Å². The van der Waals surface area contributed by atoms with Gasteiger partial charge < -0.3 is 9.73 Å². The van der Waals surface area contributed by atoms with Gasteiger partial charge >= 0.3 is 0 Å². The Morgan fingerprint density at radius 2 is 1.79 bits per heavy atom. The molecule has 0 fully saturated rings. The van der Waals surface area contributed by atoms with E-state index >= 15 is 0 Å². The molecule has 0 aliphatic rings. The number of nitrogens with one attached hydrogen (secondary N) is 2. The van der Waals surface area contributed by atoms with Crippen LogP contribution in [0.25, 0.3) is 0 Å². The second-order valence-electron chi connectivity index (χ2n) is 5.96. The van der Waals surface area contributed by atoms with E-state index in [2.05, 4.69) is 10.0 Å². The quantitative estimate of drug-likeness (QED) is 0.802. The molecule has 6 nitrogen and oxygen atoms in total. The molecule has 2 rings (SSSR count). The third-order valence-electron chi connectivity index (χ3n) is 3.28. The first kappa shape index (κ1) is 18.2. The summed E-state index contributed by atoms with van der Waals surface area (Å²) in [6, 6.07) is 9.22. The lowest BCUT2D eigenvalue weighted by molar-refractivity contribution is 0.0939. The molecule has 1 heterocycles. The van der Waals surface area contributed by atoms with Crippen LogP contribution >= 0.6 is 0 Å². The van der Waals surface area contributed by atoms with Gasteiger partial charge in [-0.15, -0.1) is 0 Å². The van der Waals surface area contributed by atoms with E-state index in [4.69, 9.17) is 4.42 Å². The second-order valence-corrected chi connectivity index (χ2v) is 7.67. The highest BCUT2D eigenvalue weighted by Crippen LogP contribution is 2.12. The molecule has 7 heteroatoms. The van der Waals surface area contributed by atoms with Gasteiger partial charge in [-0.25, -0.2) is 13.1 Å². The summed E-state index contributed by atoms with van der Waals surface area (Å²) >= 11 is 0. The monoisotopic (exact) mass is 350 g/mol. The number of furan rings is 1. The van der Waals surface area contributed by atoms with Crippen LogP contribution in [0, 0.1) is 0 Å². The summed E-state index contributed by atoms with van der Waals surface area (Å²) in [7, 11) is -3.55. The molecule has 0 spiro atoms. The zero-order valence-electron chi connectivity index (χ0n) is 13.9. The highest BCUT2D eigenvalue weighted by Gasteiger charge is 2.17. The third-order valence-corrected chi connectivity index (χ3v) is 4.96. The Kier molecular flexibility index (Phi) is 5.80. The number of benzene rings is 1. The van der Waals surface area contributed by atoms with Crippen molar-refractivity contribution in [2.45, 2.75) is 44.2 Å². The Hall–Kier alpha value is -2.12. The molecular weight excluding hydrogens is 328 g/mol. The fraction of sp³-hybridized carbons (Fsp3) is 0.353. The molecule has 0 aliphatic carbocycles. The smallest absolute Gasteiger partial charge is 0.251 e. The summed E-state index contributed by atoms with van der Waals surface area (Å²) in [4.78, 5) is 12.4. The molecule has 0 bridgehead atoms. The Morgan fingerprint density at radius 1 is 1.12 bits per heavy atom. The van der Waals surface area contributed by atoms with Crippen molar-refractivity contribution in [1.82, 2.24) is 10.0 Å². The molecule has 0 aliphatic heterocycles. The zero-order chi connectivity index (χ0) is 17.7. The van der Waals surface area contributed by atoms with Crippen LogP contribution in [0.1, 0.15) is 36.9 Å². The molecular formula is C17H22N2O4S. The maximum absolute atomic E-state index is 12.2. The topological polar surface area (TPSA) is 88.4 Å². The van der Waals surface area contributed by atoms with Crippen molar-refractivity contribution in [3.63, 3.8) is 0 Å². The molecule has 24 heavy (non-hydrogen) atoms. The molecule has 2 N–H and O–H groups in total. The van der Waals surface area contributed by atoms with Gasteiger partial charge in [0, 0.05) is 24.1 Å². The first-order valence-corrected chi connectivity index (χ1v) is 9.22. The number of amides is 1. The molecule has 0 saturated heterocycles. The van der Waals surface area contributed by atoms with E-state index in [1.165, 1.54) is 24.3 Å². The van der Waals surface area contributed by atoms with Crippen LogP contribution in [0.4, 0.5) is 0 Å². The lowest BCUT2D eigenvalue weighted by Crippen LogP contribution is -2.34. The minimum Gasteiger partial charge on any atom is -0.469 e. The summed E-state index contributed by atoms with van der Waals surface area (Å²) in [6.45, 7) is 5.38. The standard InChI is InChI=1S/C17H22N2O4S/c1-12(2)19-24(21,22)16-8-6-14(7-9-16)17(20)18-13(3)11-15-5-4-10-23-15/h4-10,12-13,19H,11H2,1-3H3,(H,18,20). The number of hydrogen-bond acceptors (Lipinski definition) is 4. The van der Waals surface area contributed by atoms with E-state index < -0.39 is 10.0 Å². The molecule has 1 aromatic carbocycles. The fourth-order valence-corrected chi connectivity index (χ4v) is 3.50. The minimum absolute atomic E-state index is 0.102. The van der Waals surface area contributed by atoms with Crippen molar-refractivity contribution < 1.29 is 17.6 Å². The third kappa shape index (κ3) is 4.94. The number of sulfonamides is 1. The lowest BCUT2D eigenvalue weighted by atomic mass is 10.1. The van der Waals surface area contributed by atoms with Crippen LogP contribution in [-0.4, -0.2) is 26.4 Å². The Morgan fingerprint density at radius 3 is 2.33 bits per heavy atom. The van der Waals surface area contributed by atoms with E-state index in [1.54, 1.807) is 26.2 Å². The van der Waals surface area contributed by atoms with Crippen molar-refractivity contribution in [2.75, 3.05) is 0 Å². The average Bonchev–Trinajstić information content (AvgIpc) is 2.98. The number of carbonyl (C=O) groups excluding carboxylic acids is 1. The van der Waals surface area contributed by atoms with Crippen LogP contribution in [0.15, 0.2) is 52.0 Å². The molecule has 2 aromatic rings. The van der Waals surface area contributed by atoms with Crippen molar-refractivity contribution in [3.05, 3.63) is 54.0 Å². The first-order valence-electron chi connectivity index (χ1n) is 7.73. The zero-order valence-corrected chi connectivity index (χ0v) is 14.8. The average molecular weight is 350 g/mol. The van der Waals surface area contributed by atoms with E-state index in [0.29, 0.717) is 12.0 Å². The fourth-order valence-electron chi connectivity index (χ4n) is 2.25. The molecule has 1 unspecified atom stereocenters. The van der Waals surface area contributed by atoms with Gasteiger partial charge in [0.15, 0.2) is 0 Å². The molecule has 0 saturated carbocycles. The SMILES string of the molecule is CC(C)NS(=O)(=O)c1ccc(C(=O)NC(C)Cc2ccco2)cc1. The molecule has 130 valence electrons. The highest BCUT2D eigenvalue weighted by atomic mass is 32.2. The van der Waals surface area contributed by atoms with E-state index in [-0.39, 0.29) is 22.9 Å². The van der Waals surface area contributed by atoms with Crippen molar-refractivity contribution in [1.29, 1.82) is 0 Å². The van der Waals surface area contributed by atoms with Gasteiger partial charge in [0.05, 0.1) is 11.2 Å². The largest absolute Gasteiger partial charge is 0.469 e. The maximum Gasteiger partial charge on any atom is 0.251 e. The predicted octanol–water partition coefficient (Wildman–Crippen LogP) is 2.33. The van der Waals surface area contributed by atoms with Crippen LogP contribution in [0.3, 0.4) is 0 Å². The van der Waals surface area contributed by atoms with E-state index in [0.717, 1.165) is 5.76 Å². The number of hydrogen-bond donors (Lipinski definition) is 2.